The van der Waals surface area contributed by atoms with Crippen LogP contribution in [0.4, 0.5) is 0 Å². The first-order chi connectivity index (χ1) is 11.4. The Hall–Kier alpha value is -1.60. The van der Waals surface area contributed by atoms with E-state index in [4.69, 9.17) is 0 Å². The average Bonchev–Trinajstić information content (AvgIpc) is 2.54. The van der Waals surface area contributed by atoms with E-state index < -0.39 is 10.0 Å². The second-order valence-electron chi connectivity index (χ2n) is 5.65. The number of hydrogen-bond donors (Lipinski definition) is 2. The topological polar surface area (TPSA) is 73.8 Å². The summed E-state index contributed by atoms with van der Waals surface area (Å²) in [5, 5.41) is 6.60. The third-order valence-electron chi connectivity index (χ3n) is 3.65. The molecule has 0 fully saturated rings. The maximum atomic E-state index is 11.6. The molecule has 2 N–H and O–H groups in total. The number of guanidine groups is 1. The van der Waals surface area contributed by atoms with Crippen molar-refractivity contribution in [3.05, 3.63) is 35.9 Å². The lowest BCUT2D eigenvalue weighted by molar-refractivity contribution is 0.427. The van der Waals surface area contributed by atoms with E-state index in [9.17, 15) is 8.42 Å². The van der Waals surface area contributed by atoms with Crippen molar-refractivity contribution >= 4 is 16.0 Å². The lowest BCUT2D eigenvalue weighted by Crippen LogP contribution is -2.39. The van der Waals surface area contributed by atoms with Gasteiger partial charge < -0.3 is 10.6 Å². The minimum absolute atomic E-state index is 0.146. The van der Waals surface area contributed by atoms with Crippen LogP contribution in [0.25, 0.3) is 0 Å². The van der Waals surface area contributed by atoms with Crippen molar-refractivity contribution < 1.29 is 8.42 Å². The molecule has 0 amide bonds. The fourth-order valence-corrected chi connectivity index (χ4v) is 3.28. The Morgan fingerprint density at radius 2 is 1.92 bits per heavy atom. The van der Waals surface area contributed by atoms with Crippen LogP contribution in [0.5, 0.6) is 0 Å². The summed E-state index contributed by atoms with van der Waals surface area (Å²) < 4.78 is 24.6. The van der Waals surface area contributed by atoms with Crippen molar-refractivity contribution in [2.45, 2.75) is 33.2 Å². The van der Waals surface area contributed by atoms with E-state index in [1.165, 1.54) is 16.1 Å². The molecule has 1 aromatic rings. The molecule has 7 heteroatoms. The van der Waals surface area contributed by atoms with Crippen LogP contribution in [-0.2, 0) is 10.0 Å². The number of aliphatic imine (C=N–C) groups is 1. The molecule has 0 spiro atoms. The summed E-state index contributed by atoms with van der Waals surface area (Å²) in [6, 6.07) is 10.3. The first-order valence-electron chi connectivity index (χ1n) is 8.43. The molecule has 0 bridgehead atoms. The Morgan fingerprint density at radius 3 is 2.46 bits per heavy atom. The van der Waals surface area contributed by atoms with Gasteiger partial charge in [-0.05, 0) is 25.8 Å². The molecular weight excluding hydrogens is 324 g/mol. The van der Waals surface area contributed by atoms with E-state index in [1.54, 1.807) is 0 Å². The number of hydrogen-bond acceptors (Lipinski definition) is 3. The molecule has 136 valence electrons. The molecule has 0 heterocycles. The number of benzene rings is 1. The van der Waals surface area contributed by atoms with Gasteiger partial charge in [0.05, 0.1) is 12.3 Å². The minimum atomic E-state index is -3.13. The van der Waals surface area contributed by atoms with Crippen LogP contribution < -0.4 is 10.6 Å². The zero-order valence-corrected chi connectivity index (χ0v) is 15.9. The average molecular weight is 355 g/mol. The molecule has 0 saturated carbocycles. The zero-order valence-electron chi connectivity index (χ0n) is 15.1. The summed E-state index contributed by atoms with van der Waals surface area (Å²) in [7, 11) is -3.13. The molecule has 0 aliphatic heterocycles. The largest absolute Gasteiger partial charge is 0.357 e. The van der Waals surface area contributed by atoms with Crippen molar-refractivity contribution in [3.8, 4) is 0 Å². The minimum Gasteiger partial charge on any atom is -0.357 e. The van der Waals surface area contributed by atoms with Crippen molar-refractivity contribution in [1.82, 2.24) is 14.9 Å². The summed E-state index contributed by atoms with van der Waals surface area (Å²) >= 11 is 0. The lowest BCUT2D eigenvalue weighted by atomic mass is 10.1. The monoisotopic (exact) mass is 354 g/mol. The van der Waals surface area contributed by atoms with Crippen LogP contribution in [0.3, 0.4) is 0 Å². The van der Waals surface area contributed by atoms with Gasteiger partial charge in [0.15, 0.2) is 5.96 Å². The predicted octanol–water partition coefficient (Wildman–Crippen LogP) is 1.97. The first-order valence-corrected chi connectivity index (χ1v) is 10.3. The first kappa shape index (κ1) is 20.4. The summed E-state index contributed by atoms with van der Waals surface area (Å²) in [6.45, 7) is 8.29. The molecule has 24 heavy (non-hydrogen) atoms. The molecule has 0 radical (unpaired) electrons. The second kappa shape index (κ2) is 10.3. The highest BCUT2D eigenvalue weighted by atomic mass is 32.2. The van der Waals surface area contributed by atoms with Gasteiger partial charge in [0.25, 0.3) is 0 Å². The van der Waals surface area contributed by atoms with E-state index in [0.717, 1.165) is 12.5 Å². The summed E-state index contributed by atoms with van der Waals surface area (Å²) in [6.07, 6.45) is 1.93. The van der Waals surface area contributed by atoms with Gasteiger partial charge in [-0.15, -0.1) is 0 Å². The fraction of sp³-hybridized carbons (Fsp3) is 0.588. The summed E-state index contributed by atoms with van der Waals surface area (Å²) in [5.41, 5.74) is 1.19. The van der Waals surface area contributed by atoms with E-state index in [2.05, 4.69) is 34.7 Å². The Morgan fingerprint density at radius 1 is 1.25 bits per heavy atom. The van der Waals surface area contributed by atoms with Gasteiger partial charge in [0, 0.05) is 26.2 Å². The number of nitrogens with one attached hydrogen (secondary N) is 2. The lowest BCUT2D eigenvalue weighted by Gasteiger charge is -2.19. The second-order valence-corrected chi connectivity index (χ2v) is 7.63. The van der Waals surface area contributed by atoms with Gasteiger partial charge in [0.2, 0.25) is 10.0 Å². The van der Waals surface area contributed by atoms with E-state index in [1.807, 2.05) is 32.0 Å². The maximum absolute atomic E-state index is 11.6. The van der Waals surface area contributed by atoms with Crippen molar-refractivity contribution in [1.29, 1.82) is 0 Å². The van der Waals surface area contributed by atoms with Gasteiger partial charge >= 0.3 is 0 Å². The SMILES string of the molecule is CCNC(=NCCCN(CC)S(C)(=O)=O)NC(C)c1ccccc1. The van der Waals surface area contributed by atoms with Crippen molar-refractivity contribution in [2.24, 2.45) is 4.99 Å². The fourth-order valence-electron chi connectivity index (χ4n) is 2.35. The standard InChI is InChI=1S/C17H30N4O2S/c1-5-18-17(20-15(3)16-11-8-7-9-12-16)19-13-10-14-21(6-2)24(4,22)23/h7-9,11-12,15H,5-6,10,13-14H2,1-4H3,(H2,18,19,20). The molecule has 0 saturated heterocycles. The van der Waals surface area contributed by atoms with Gasteiger partial charge in [-0.2, -0.15) is 0 Å². The number of sulfonamides is 1. The van der Waals surface area contributed by atoms with Gasteiger partial charge in [-0.25, -0.2) is 12.7 Å². The molecule has 6 nitrogen and oxygen atoms in total. The van der Waals surface area contributed by atoms with Crippen molar-refractivity contribution in [3.63, 3.8) is 0 Å². The highest BCUT2D eigenvalue weighted by Gasteiger charge is 2.13. The third-order valence-corrected chi connectivity index (χ3v) is 5.03. The van der Waals surface area contributed by atoms with Crippen LogP contribution in [0, 0.1) is 0 Å². The Bertz CT molecular complexity index is 602. The smallest absolute Gasteiger partial charge is 0.211 e. The van der Waals surface area contributed by atoms with Gasteiger partial charge in [0.1, 0.15) is 0 Å². The van der Waals surface area contributed by atoms with Gasteiger partial charge in [-0.1, -0.05) is 37.3 Å². The van der Waals surface area contributed by atoms with E-state index in [0.29, 0.717) is 26.1 Å². The highest BCUT2D eigenvalue weighted by Crippen LogP contribution is 2.10. The van der Waals surface area contributed by atoms with Crippen LogP contribution in [0.2, 0.25) is 0 Å². The predicted molar refractivity (Wildman–Crippen MR) is 101 cm³/mol. The number of rotatable bonds is 9. The Labute approximate surface area is 146 Å². The van der Waals surface area contributed by atoms with E-state index >= 15 is 0 Å². The molecule has 0 aromatic heterocycles. The normalized spacial score (nSPS) is 13.8. The molecule has 1 unspecified atom stereocenters. The Kier molecular flexibility index (Phi) is 8.78. The summed E-state index contributed by atoms with van der Waals surface area (Å²) in [5.74, 6) is 0.747. The molecule has 1 aromatic carbocycles. The molecule has 1 rings (SSSR count). The van der Waals surface area contributed by atoms with Gasteiger partial charge in [-0.3, -0.25) is 4.99 Å². The van der Waals surface area contributed by atoms with Crippen molar-refractivity contribution in [2.75, 3.05) is 32.4 Å². The van der Waals surface area contributed by atoms with Crippen LogP contribution in [0.1, 0.15) is 38.8 Å². The maximum Gasteiger partial charge on any atom is 0.211 e. The molecule has 0 aliphatic rings. The van der Waals surface area contributed by atoms with E-state index in [-0.39, 0.29) is 6.04 Å². The third kappa shape index (κ3) is 7.31. The van der Waals surface area contributed by atoms with Crippen LogP contribution >= 0.6 is 0 Å². The quantitative estimate of drug-likeness (QED) is 0.404. The van der Waals surface area contributed by atoms with Crippen LogP contribution in [0.15, 0.2) is 35.3 Å². The molecule has 1 atom stereocenters. The number of nitrogens with zero attached hydrogens (tertiary/aromatic N) is 2. The molecular formula is C17H30N4O2S. The Balaban J connectivity index is 2.56. The van der Waals surface area contributed by atoms with Crippen LogP contribution in [-0.4, -0.2) is 51.1 Å². The zero-order chi connectivity index (χ0) is 18.0. The highest BCUT2D eigenvalue weighted by molar-refractivity contribution is 7.88. The molecule has 0 aliphatic carbocycles. The summed E-state index contributed by atoms with van der Waals surface area (Å²) in [4.78, 5) is 4.54.